The number of carbonyl (C=O) groups is 1. The fourth-order valence-electron chi connectivity index (χ4n) is 3.58. The normalized spacial score (nSPS) is 11.5. The Morgan fingerprint density at radius 3 is 2.71 bits per heavy atom. The number of imidazole rings is 1. The Hall–Kier alpha value is -4.07. The van der Waals surface area contributed by atoms with Gasteiger partial charge in [-0.05, 0) is 24.3 Å². The monoisotopic (exact) mass is 417 g/mol. The van der Waals surface area contributed by atoms with Crippen LogP contribution in [0.15, 0.2) is 73.2 Å². The molecule has 0 aliphatic rings. The highest BCUT2D eigenvalue weighted by molar-refractivity contribution is 5.96. The number of aromatic nitrogens is 4. The predicted octanol–water partition coefficient (Wildman–Crippen LogP) is 4.54. The average Bonchev–Trinajstić information content (AvgIpc) is 3.41. The zero-order chi connectivity index (χ0) is 21.4. The molecule has 0 atom stereocenters. The van der Waals surface area contributed by atoms with Gasteiger partial charge < -0.3 is 10.3 Å². The average molecular weight is 417 g/mol. The minimum absolute atomic E-state index is 0.196. The van der Waals surface area contributed by atoms with Crippen molar-refractivity contribution >= 4 is 22.6 Å². The summed E-state index contributed by atoms with van der Waals surface area (Å²) in [5.74, 6) is -0.599. The quantitative estimate of drug-likeness (QED) is 0.441. The van der Waals surface area contributed by atoms with Gasteiger partial charge in [-0.25, -0.2) is 18.7 Å². The van der Waals surface area contributed by atoms with Crippen molar-refractivity contribution in [1.82, 2.24) is 24.7 Å². The van der Waals surface area contributed by atoms with Gasteiger partial charge in [0.25, 0.3) is 12.3 Å². The van der Waals surface area contributed by atoms with Gasteiger partial charge in [-0.15, -0.1) is 0 Å². The molecule has 0 saturated carbocycles. The van der Waals surface area contributed by atoms with E-state index >= 15 is 0 Å². The number of alkyl halides is 2. The van der Waals surface area contributed by atoms with E-state index in [1.54, 1.807) is 16.7 Å². The topological polar surface area (TPSA) is 75.1 Å². The van der Waals surface area contributed by atoms with Gasteiger partial charge in [0.1, 0.15) is 17.0 Å². The fourth-order valence-corrected chi connectivity index (χ4v) is 3.58. The zero-order valence-corrected chi connectivity index (χ0v) is 16.2. The first-order valence-corrected chi connectivity index (χ1v) is 9.67. The van der Waals surface area contributed by atoms with Gasteiger partial charge in [0.15, 0.2) is 0 Å². The molecule has 8 heteroatoms. The second kappa shape index (κ2) is 7.64. The third-order valence-electron chi connectivity index (χ3n) is 5.07. The number of carbonyl (C=O) groups excluding carboxylic acids is 1. The van der Waals surface area contributed by atoms with Crippen LogP contribution in [-0.4, -0.2) is 38.2 Å². The van der Waals surface area contributed by atoms with Crippen molar-refractivity contribution in [2.24, 2.45) is 0 Å². The molecule has 154 valence electrons. The van der Waals surface area contributed by atoms with Crippen molar-refractivity contribution < 1.29 is 13.6 Å². The summed E-state index contributed by atoms with van der Waals surface area (Å²) in [6.07, 6.45) is 2.40. The van der Waals surface area contributed by atoms with Gasteiger partial charge in [-0.1, -0.05) is 30.3 Å². The van der Waals surface area contributed by atoms with Crippen molar-refractivity contribution in [3.63, 3.8) is 0 Å². The second-order valence-electron chi connectivity index (χ2n) is 7.05. The Morgan fingerprint density at radius 2 is 1.90 bits per heavy atom. The number of fused-ring (bicyclic) bond motifs is 2. The highest BCUT2D eigenvalue weighted by atomic mass is 19.3. The van der Waals surface area contributed by atoms with Crippen LogP contribution in [0, 0.1) is 0 Å². The van der Waals surface area contributed by atoms with Gasteiger partial charge in [0, 0.05) is 34.5 Å². The Balaban J connectivity index is 1.53. The number of amides is 1. The molecule has 5 aromatic rings. The first kappa shape index (κ1) is 18.9. The minimum Gasteiger partial charge on any atom is -0.345 e. The van der Waals surface area contributed by atoms with Crippen LogP contribution in [0.4, 0.5) is 8.78 Å². The summed E-state index contributed by atoms with van der Waals surface area (Å²) in [5, 5.41) is 3.15. The van der Waals surface area contributed by atoms with Crippen molar-refractivity contribution in [2.45, 2.75) is 6.43 Å². The smallest absolute Gasteiger partial charge is 0.270 e. The number of aromatic amines is 1. The summed E-state index contributed by atoms with van der Waals surface area (Å²) >= 11 is 0. The van der Waals surface area contributed by atoms with Gasteiger partial charge in [-0.3, -0.25) is 9.20 Å². The Kier molecular flexibility index (Phi) is 4.66. The van der Waals surface area contributed by atoms with Crippen molar-refractivity contribution in [1.29, 1.82) is 0 Å². The zero-order valence-electron chi connectivity index (χ0n) is 16.2. The first-order valence-electron chi connectivity index (χ1n) is 9.67. The van der Waals surface area contributed by atoms with E-state index in [2.05, 4.69) is 15.3 Å². The van der Waals surface area contributed by atoms with Crippen LogP contribution < -0.4 is 5.32 Å². The molecule has 1 amide bonds. The Bertz CT molecular complexity index is 1390. The highest BCUT2D eigenvalue weighted by Gasteiger charge is 2.15. The molecule has 5 rings (SSSR count). The molecule has 0 spiro atoms. The largest absolute Gasteiger partial charge is 0.345 e. The van der Waals surface area contributed by atoms with Crippen LogP contribution in [0.25, 0.3) is 39.1 Å². The number of halogens is 2. The summed E-state index contributed by atoms with van der Waals surface area (Å²) in [4.78, 5) is 24.4. The summed E-state index contributed by atoms with van der Waals surface area (Å²) in [6, 6.07) is 17.6. The lowest BCUT2D eigenvalue weighted by Gasteiger charge is -2.06. The lowest BCUT2D eigenvalue weighted by Crippen LogP contribution is -2.29. The lowest BCUT2D eigenvalue weighted by molar-refractivity contribution is 0.0886. The van der Waals surface area contributed by atoms with Gasteiger partial charge in [0.05, 0.1) is 18.4 Å². The standard InChI is InChI=1S/C23H17F2N5O/c24-20(25)12-28-23(31)19-11-26-21-9-6-15(13-30(19)21)17-10-27-22-16(17)7-8-18(29-22)14-4-2-1-3-5-14/h1-11,13,20H,12H2,(H,27,29)(H,28,31). The maximum Gasteiger partial charge on any atom is 0.270 e. The molecule has 31 heavy (non-hydrogen) atoms. The van der Waals surface area contributed by atoms with Gasteiger partial charge in [0.2, 0.25) is 0 Å². The van der Waals surface area contributed by atoms with Gasteiger partial charge >= 0.3 is 0 Å². The van der Waals surface area contributed by atoms with Crippen LogP contribution in [0.1, 0.15) is 10.5 Å². The number of H-pyrrole nitrogens is 1. The highest BCUT2D eigenvalue weighted by Crippen LogP contribution is 2.30. The molecule has 6 nitrogen and oxygen atoms in total. The van der Waals surface area contributed by atoms with Crippen molar-refractivity contribution in [3.05, 3.63) is 78.9 Å². The van der Waals surface area contributed by atoms with E-state index in [-0.39, 0.29) is 5.69 Å². The number of hydrogen-bond acceptors (Lipinski definition) is 3. The number of pyridine rings is 2. The Morgan fingerprint density at radius 1 is 1.06 bits per heavy atom. The van der Waals surface area contributed by atoms with Gasteiger partial charge in [-0.2, -0.15) is 0 Å². The van der Waals surface area contributed by atoms with E-state index < -0.39 is 18.9 Å². The van der Waals surface area contributed by atoms with Crippen molar-refractivity contribution in [2.75, 3.05) is 6.54 Å². The molecule has 0 fully saturated rings. The molecule has 1 aromatic carbocycles. The molecule has 2 N–H and O–H groups in total. The molecule has 0 saturated heterocycles. The molecule has 0 aliphatic heterocycles. The van der Waals surface area contributed by atoms with E-state index in [4.69, 9.17) is 4.98 Å². The van der Waals surface area contributed by atoms with Crippen LogP contribution >= 0.6 is 0 Å². The number of benzene rings is 1. The van der Waals surface area contributed by atoms with Crippen LogP contribution in [0.5, 0.6) is 0 Å². The first-order chi connectivity index (χ1) is 15.1. The summed E-state index contributed by atoms with van der Waals surface area (Å²) in [5.41, 5.74) is 5.14. The molecule has 4 aromatic heterocycles. The number of rotatable bonds is 5. The molecule has 0 unspecified atom stereocenters. The maximum atomic E-state index is 12.4. The number of nitrogens with zero attached hydrogens (tertiary/aromatic N) is 3. The Labute approximate surface area is 175 Å². The molecule has 0 radical (unpaired) electrons. The van der Waals surface area contributed by atoms with E-state index in [9.17, 15) is 13.6 Å². The van der Waals surface area contributed by atoms with E-state index in [1.807, 2.05) is 54.7 Å². The summed E-state index contributed by atoms with van der Waals surface area (Å²) in [6.45, 7) is -0.705. The SMILES string of the molecule is O=C(NCC(F)F)c1cnc2ccc(-c3c[nH]c4nc(-c5ccccc5)ccc34)cn12. The fraction of sp³-hybridized carbons (Fsp3) is 0.0870. The van der Waals surface area contributed by atoms with E-state index in [0.29, 0.717) is 5.65 Å². The summed E-state index contributed by atoms with van der Waals surface area (Å²) in [7, 11) is 0. The second-order valence-corrected chi connectivity index (χ2v) is 7.05. The summed E-state index contributed by atoms with van der Waals surface area (Å²) < 4.78 is 26.5. The van der Waals surface area contributed by atoms with Crippen LogP contribution in [-0.2, 0) is 0 Å². The molecular formula is C23H17F2N5O. The van der Waals surface area contributed by atoms with Crippen molar-refractivity contribution in [3.8, 4) is 22.4 Å². The molecule has 0 bridgehead atoms. The lowest BCUT2D eigenvalue weighted by atomic mass is 10.1. The maximum absolute atomic E-state index is 12.4. The molecule has 4 heterocycles. The minimum atomic E-state index is -2.61. The number of nitrogens with one attached hydrogen (secondary N) is 2. The van der Waals surface area contributed by atoms with Crippen LogP contribution in [0.3, 0.4) is 0 Å². The molecule has 0 aliphatic carbocycles. The predicted molar refractivity (Wildman–Crippen MR) is 114 cm³/mol. The number of hydrogen-bond donors (Lipinski definition) is 2. The van der Waals surface area contributed by atoms with Crippen LogP contribution in [0.2, 0.25) is 0 Å². The third-order valence-corrected chi connectivity index (χ3v) is 5.07. The van der Waals surface area contributed by atoms with E-state index in [1.165, 1.54) is 6.20 Å². The van der Waals surface area contributed by atoms with E-state index in [0.717, 1.165) is 33.4 Å². The third kappa shape index (κ3) is 3.52. The molecular weight excluding hydrogens is 400 g/mol.